The molecule has 206 valence electrons. The second kappa shape index (κ2) is 9.56. The number of aromatic nitrogens is 3. The molecule has 1 N–H and O–H groups in total. The molecule has 1 spiro atoms. The summed E-state index contributed by atoms with van der Waals surface area (Å²) in [5.41, 5.74) is -1.06. The number of para-hydroxylation sites is 1. The smallest absolute Gasteiger partial charge is 0.313 e. The lowest BCUT2D eigenvalue weighted by molar-refractivity contribution is -0.161. The summed E-state index contributed by atoms with van der Waals surface area (Å²) in [6.07, 6.45) is 9.22. The van der Waals surface area contributed by atoms with Gasteiger partial charge in [0.2, 0.25) is 5.91 Å². The van der Waals surface area contributed by atoms with Gasteiger partial charge in [-0.25, -0.2) is 4.68 Å². The van der Waals surface area contributed by atoms with Crippen molar-refractivity contribution in [3.8, 4) is 0 Å². The Morgan fingerprint density at radius 2 is 1.95 bits per heavy atom. The van der Waals surface area contributed by atoms with E-state index in [1.165, 1.54) is 4.90 Å². The Bertz CT molecular complexity index is 1370. The fourth-order valence-corrected chi connectivity index (χ4v) is 6.74. The van der Waals surface area contributed by atoms with Crippen LogP contribution in [0.15, 0.2) is 48.6 Å². The number of allylic oxidation sites excluding steroid dienone is 1. The Morgan fingerprint density at radius 1 is 1.13 bits per heavy atom. The maximum Gasteiger partial charge on any atom is 0.313 e. The van der Waals surface area contributed by atoms with E-state index in [1.807, 2.05) is 49.4 Å². The zero-order chi connectivity index (χ0) is 27.4. The van der Waals surface area contributed by atoms with Gasteiger partial charge in [0.1, 0.15) is 29.7 Å². The molecule has 39 heavy (non-hydrogen) atoms. The van der Waals surface area contributed by atoms with Crippen LogP contribution in [-0.4, -0.2) is 90.7 Å². The molecule has 1 unspecified atom stereocenters. The Labute approximate surface area is 226 Å². The van der Waals surface area contributed by atoms with Gasteiger partial charge >= 0.3 is 5.97 Å². The number of aliphatic hydroxyl groups is 1. The Kier molecular flexibility index (Phi) is 6.30. The number of esters is 1. The topological polar surface area (TPSA) is 127 Å². The normalized spacial score (nSPS) is 34.0. The summed E-state index contributed by atoms with van der Waals surface area (Å²) in [5.74, 6) is -3.14. The number of amides is 2. The van der Waals surface area contributed by atoms with Crippen LogP contribution < -0.4 is 0 Å². The van der Waals surface area contributed by atoms with Crippen molar-refractivity contribution in [1.82, 2.24) is 24.8 Å². The van der Waals surface area contributed by atoms with E-state index in [2.05, 4.69) is 10.3 Å². The van der Waals surface area contributed by atoms with E-state index in [1.54, 1.807) is 22.6 Å². The van der Waals surface area contributed by atoms with E-state index in [0.717, 1.165) is 5.52 Å². The predicted octanol–water partition coefficient (Wildman–Crippen LogP) is 1.42. The minimum atomic E-state index is -1.40. The first kappa shape index (κ1) is 25.7. The summed E-state index contributed by atoms with van der Waals surface area (Å²) in [5, 5.41) is 18.7. The number of carbonyl (C=O) groups is 3. The number of ether oxygens (including phenoxy) is 2. The second-order valence-electron chi connectivity index (χ2n) is 10.9. The summed E-state index contributed by atoms with van der Waals surface area (Å²) in [7, 11) is 0. The van der Waals surface area contributed by atoms with Gasteiger partial charge in [0.15, 0.2) is 0 Å². The summed E-state index contributed by atoms with van der Waals surface area (Å²) in [4.78, 5) is 45.2. The molecule has 2 saturated heterocycles. The van der Waals surface area contributed by atoms with E-state index >= 15 is 0 Å². The average Bonchev–Trinajstić information content (AvgIpc) is 3.50. The Morgan fingerprint density at radius 3 is 2.74 bits per heavy atom. The quantitative estimate of drug-likeness (QED) is 0.450. The van der Waals surface area contributed by atoms with E-state index in [4.69, 9.17) is 9.47 Å². The highest BCUT2D eigenvalue weighted by Crippen LogP contribution is 2.57. The molecule has 2 amide bonds. The molecule has 0 bridgehead atoms. The summed E-state index contributed by atoms with van der Waals surface area (Å²) < 4.78 is 14.0. The van der Waals surface area contributed by atoms with Crippen molar-refractivity contribution < 1.29 is 29.0 Å². The van der Waals surface area contributed by atoms with Crippen LogP contribution in [0.5, 0.6) is 0 Å². The van der Waals surface area contributed by atoms with E-state index in [-0.39, 0.29) is 38.2 Å². The second-order valence-corrected chi connectivity index (χ2v) is 10.9. The van der Waals surface area contributed by atoms with Gasteiger partial charge < -0.3 is 24.4 Å². The molecule has 5 heterocycles. The number of hydrogen-bond acceptors (Lipinski definition) is 8. The summed E-state index contributed by atoms with van der Waals surface area (Å²) >= 11 is 0. The van der Waals surface area contributed by atoms with Crippen LogP contribution in [0.4, 0.5) is 0 Å². The first-order chi connectivity index (χ1) is 18.8. The van der Waals surface area contributed by atoms with Crippen LogP contribution in [-0.2, 0) is 30.5 Å². The van der Waals surface area contributed by atoms with Gasteiger partial charge in [-0.3, -0.25) is 14.4 Å². The van der Waals surface area contributed by atoms with Crippen molar-refractivity contribution in [3.05, 3.63) is 48.6 Å². The van der Waals surface area contributed by atoms with Crippen LogP contribution in [0.3, 0.4) is 0 Å². The molecule has 0 aliphatic carbocycles. The molecule has 2 fully saturated rings. The lowest BCUT2D eigenvalue weighted by Gasteiger charge is -2.39. The van der Waals surface area contributed by atoms with Crippen molar-refractivity contribution in [2.45, 2.75) is 63.1 Å². The lowest BCUT2D eigenvalue weighted by atomic mass is 9.74. The van der Waals surface area contributed by atoms with Gasteiger partial charge in [-0.05, 0) is 38.3 Å². The molecule has 0 saturated carbocycles. The molecule has 0 radical (unpaired) electrons. The number of cyclic esters (lactones) is 1. The summed E-state index contributed by atoms with van der Waals surface area (Å²) in [6.45, 7) is 3.93. The highest BCUT2D eigenvalue weighted by Gasteiger charge is 2.75. The number of aliphatic hydroxyl groups excluding tert-OH is 1. The summed E-state index contributed by atoms with van der Waals surface area (Å²) in [6, 6.07) is 5.79. The van der Waals surface area contributed by atoms with E-state index < -0.39 is 41.1 Å². The van der Waals surface area contributed by atoms with Gasteiger partial charge in [0.25, 0.3) is 5.91 Å². The monoisotopic (exact) mass is 535 g/mol. The fourth-order valence-electron chi connectivity index (χ4n) is 6.74. The van der Waals surface area contributed by atoms with Gasteiger partial charge in [-0.15, -0.1) is 5.10 Å². The fraction of sp³-hybridized carbons (Fsp3) is 0.536. The zero-order valence-corrected chi connectivity index (χ0v) is 22.1. The maximum absolute atomic E-state index is 14.4. The standard InChI is InChI=1S/C28H33N5O6/c1-3-18(16-34)33-23-25(36)31(17-32-20-11-6-5-10-19(20)29-30-32)14-9-13-28(23)21(24(33)35)22-26(37)38-15-8-4-7-12-27(22,2)39-28/h5-7,9-13,18,21-23,34H,3-4,8,14-17H2,1-2H3/b12-7-/t18-,21-,22-,23?,27+,28-/m0/s1. The van der Waals surface area contributed by atoms with Crippen LogP contribution in [0.25, 0.3) is 11.0 Å². The maximum atomic E-state index is 14.4. The number of rotatable bonds is 5. The number of likely N-dealkylation sites (tertiary alicyclic amines) is 1. The average molecular weight is 536 g/mol. The third-order valence-electron chi connectivity index (χ3n) is 8.57. The van der Waals surface area contributed by atoms with Gasteiger partial charge in [-0.2, -0.15) is 0 Å². The number of hydrogen-bond donors (Lipinski definition) is 1. The minimum absolute atomic E-state index is 0.113. The first-order valence-corrected chi connectivity index (χ1v) is 13.6. The van der Waals surface area contributed by atoms with Crippen LogP contribution in [0, 0.1) is 11.8 Å². The van der Waals surface area contributed by atoms with Crippen LogP contribution >= 0.6 is 0 Å². The number of nitrogens with zero attached hydrogens (tertiary/aromatic N) is 5. The number of fused-ring (bicyclic) bond motifs is 3. The molecule has 11 nitrogen and oxygen atoms in total. The minimum Gasteiger partial charge on any atom is -0.465 e. The van der Waals surface area contributed by atoms with Crippen molar-refractivity contribution in [2.75, 3.05) is 19.8 Å². The molecule has 11 heteroatoms. The third-order valence-corrected chi connectivity index (χ3v) is 8.57. The Hall–Kier alpha value is -3.57. The van der Waals surface area contributed by atoms with Crippen molar-refractivity contribution in [1.29, 1.82) is 0 Å². The molecular weight excluding hydrogens is 502 g/mol. The molecule has 1 aromatic heterocycles. The molecular formula is C28H33N5O6. The van der Waals surface area contributed by atoms with Gasteiger partial charge in [0, 0.05) is 6.54 Å². The number of benzene rings is 1. The molecule has 4 aliphatic rings. The van der Waals surface area contributed by atoms with Crippen LogP contribution in [0.1, 0.15) is 33.1 Å². The van der Waals surface area contributed by atoms with Crippen molar-refractivity contribution in [2.24, 2.45) is 11.8 Å². The first-order valence-electron chi connectivity index (χ1n) is 13.6. The predicted molar refractivity (Wildman–Crippen MR) is 139 cm³/mol. The van der Waals surface area contributed by atoms with Gasteiger partial charge in [-0.1, -0.05) is 48.6 Å². The number of carbonyl (C=O) groups excluding carboxylic acids is 3. The highest BCUT2D eigenvalue weighted by atomic mass is 16.6. The van der Waals surface area contributed by atoms with Crippen molar-refractivity contribution in [3.63, 3.8) is 0 Å². The zero-order valence-electron chi connectivity index (χ0n) is 22.1. The highest BCUT2D eigenvalue weighted by molar-refractivity contribution is 5.99. The van der Waals surface area contributed by atoms with Crippen LogP contribution in [0.2, 0.25) is 0 Å². The SMILES string of the molecule is CC[C@@H](CO)N1C(=O)[C@@H]2[C@H]3C(=O)OCCC/C=C\[C@@]3(C)O[C@@]23C=CCN(Cn2nnc4ccccc42)C(=O)C13. The molecule has 2 aromatic rings. The third kappa shape index (κ3) is 3.81. The molecule has 6 rings (SSSR count). The van der Waals surface area contributed by atoms with E-state index in [9.17, 15) is 19.5 Å². The largest absolute Gasteiger partial charge is 0.465 e. The molecule has 6 atom stereocenters. The van der Waals surface area contributed by atoms with Crippen molar-refractivity contribution >= 4 is 28.8 Å². The van der Waals surface area contributed by atoms with Gasteiger partial charge in [0.05, 0.1) is 36.3 Å². The van der Waals surface area contributed by atoms with E-state index in [0.29, 0.717) is 24.8 Å². The lowest BCUT2D eigenvalue weighted by Crippen LogP contribution is -2.58. The molecule has 1 aromatic carbocycles. The Balaban J connectivity index is 1.45. The molecule has 4 aliphatic heterocycles.